The summed E-state index contributed by atoms with van der Waals surface area (Å²) in [5, 5.41) is 0. The fourth-order valence-electron chi connectivity index (χ4n) is 4.27. The Morgan fingerprint density at radius 2 is 1.92 bits per heavy atom. The van der Waals surface area contributed by atoms with Crippen LogP contribution in [0.5, 0.6) is 0 Å². The summed E-state index contributed by atoms with van der Waals surface area (Å²) in [6.07, 6.45) is 7.82. The summed E-state index contributed by atoms with van der Waals surface area (Å²) < 4.78 is 0. The summed E-state index contributed by atoms with van der Waals surface area (Å²) in [4.78, 5) is 24.4. The molecule has 0 spiro atoms. The van der Waals surface area contributed by atoms with Gasteiger partial charge in [0.2, 0.25) is 0 Å². The average molecular weight is 324 g/mol. The maximum absolute atomic E-state index is 12.8. The molecule has 126 valence electrons. The van der Waals surface area contributed by atoms with Gasteiger partial charge in [-0.25, -0.2) is 4.98 Å². The Morgan fingerprint density at radius 3 is 2.71 bits per heavy atom. The second-order valence-corrected chi connectivity index (χ2v) is 6.84. The van der Waals surface area contributed by atoms with E-state index in [0.717, 1.165) is 32.5 Å². The van der Waals surface area contributed by atoms with Crippen molar-refractivity contribution in [3.63, 3.8) is 0 Å². The third-order valence-corrected chi connectivity index (χ3v) is 5.38. The molecular weight excluding hydrogens is 300 g/mol. The molecule has 4 rings (SSSR count). The van der Waals surface area contributed by atoms with Crippen molar-refractivity contribution < 1.29 is 4.79 Å². The SMILES string of the molecule is O=C(c1cnc[nH]1)N1CCC[C@H]1[C@@H]1CCCN1Cc1ccccc1. The fraction of sp³-hybridized carbons (Fsp3) is 0.474. The highest BCUT2D eigenvalue weighted by molar-refractivity contribution is 5.92. The van der Waals surface area contributed by atoms with E-state index < -0.39 is 0 Å². The zero-order chi connectivity index (χ0) is 16.4. The van der Waals surface area contributed by atoms with Gasteiger partial charge in [0.25, 0.3) is 5.91 Å². The Labute approximate surface area is 142 Å². The minimum absolute atomic E-state index is 0.0987. The lowest BCUT2D eigenvalue weighted by molar-refractivity contribution is 0.0634. The lowest BCUT2D eigenvalue weighted by atomic mass is 10.0. The van der Waals surface area contributed by atoms with E-state index in [1.54, 1.807) is 12.5 Å². The van der Waals surface area contributed by atoms with Crippen LogP contribution in [0.25, 0.3) is 0 Å². The van der Waals surface area contributed by atoms with Gasteiger partial charge in [-0.15, -0.1) is 0 Å². The van der Waals surface area contributed by atoms with Crippen molar-refractivity contribution in [2.24, 2.45) is 0 Å². The number of nitrogens with one attached hydrogen (secondary N) is 1. The first-order valence-electron chi connectivity index (χ1n) is 8.90. The number of hydrogen-bond donors (Lipinski definition) is 1. The number of H-pyrrole nitrogens is 1. The molecule has 2 fully saturated rings. The second-order valence-electron chi connectivity index (χ2n) is 6.84. The molecule has 2 saturated heterocycles. The number of amides is 1. The largest absolute Gasteiger partial charge is 0.341 e. The van der Waals surface area contributed by atoms with E-state index in [1.807, 2.05) is 0 Å². The second kappa shape index (κ2) is 6.77. The molecule has 2 aliphatic rings. The van der Waals surface area contributed by atoms with Crippen molar-refractivity contribution in [3.05, 3.63) is 54.1 Å². The number of rotatable bonds is 4. The third kappa shape index (κ3) is 2.96. The van der Waals surface area contributed by atoms with Gasteiger partial charge in [0.15, 0.2) is 0 Å². The van der Waals surface area contributed by atoms with E-state index in [0.29, 0.717) is 17.8 Å². The number of nitrogens with zero attached hydrogens (tertiary/aromatic N) is 3. The van der Waals surface area contributed by atoms with Crippen molar-refractivity contribution >= 4 is 5.91 Å². The number of aromatic amines is 1. The topological polar surface area (TPSA) is 52.2 Å². The van der Waals surface area contributed by atoms with Crippen LogP contribution < -0.4 is 0 Å². The summed E-state index contributed by atoms with van der Waals surface area (Å²) in [5.74, 6) is 0.0987. The van der Waals surface area contributed by atoms with Gasteiger partial charge in [-0.1, -0.05) is 30.3 Å². The lowest BCUT2D eigenvalue weighted by Crippen LogP contribution is -2.48. The van der Waals surface area contributed by atoms with E-state index in [1.165, 1.54) is 18.4 Å². The number of carbonyl (C=O) groups is 1. The standard InChI is InChI=1S/C19H24N4O/c24-19(16-12-20-14-21-16)23-11-5-9-18(23)17-8-4-10-22(17)13-15-6-2-1-3-7-15/h1-3,6-7,12,14,17-18H,4-5,8-11,13H2,(H,20,21)/t17-,18-/m0/s1. The number of carbonyl (C=O) groups excluding carboxylic acids is 1. The van der Waals surface area contributed by atoms with Crippen LogP contribution in [0, 0.1) is 0 Å². The molecule has 1 N–H and O–H groups in total. The van der Waals surface area contributed by atoms with Crippen LogP contribution in [0.2, 0.25) is 0 Å². The molecule has 0 saturated carbocycles. The fourth-order valence-corrected chi connectivity index (χ4v) is 4.27. The Bertz CT molecular complexity index is 670. The van der Waals surface area contributed by atoms with E-state index in [-0.39, 0.29) is 5.91 Å². The Kier molecular flexibility index (Phi) is 4.34. The highest BCUT2D eigenvalue weighted by Crippen LogP contribution is 2.31. The summed E-state index contributed by atoms with van der Waals surface area (Å²) in [5.41, 5.74) is 1.96. The quantitative estimate of drug-likeness (QED) is 0.941. The van der Waals surface area contributed by atoms with Gasteiger partial charge in [-0.3, -0.25) is 9.69 Å². The molecule has 1 aromatic carbocycles. The van der Waals surface area contributed by atoms with Gasteiger partial charge < -0.3 is 9.88 Å². The van der Waals surface area contributed by atoms with E-state index in [2.05, 4.69) is 50.1 Å². The molecule has 0 aliphatic carbocycles. The molecule has 5 nitrogen and oxygen atoms in total. The summed E-state index contributed by atoms with van der Waals surface area (Å²) in [7, 11) is 0. The van der Waals surface area contributed by atoms with Gasteiger partial charge in [-0.05, 0) is 37.8 Å². The first kappa shape index (κ1) is 15.4. The zero-order valence-electron chi connectivity index (χ0n) is 13.9. The molecule has 1 aromatic heterocycles. The highest BCUT2D eigenvalue weighted by atomic mass is 16.2. The molecule has 5 heteroatoms. The first-order chi connectivity index (χ1) is 11.8. The van der Waals surface area contributed by atoms with E-state index in [4.69, 9.17) is 0 Å². The van der Waals surface area contributed by atoms with Crippen LogP contribution in [-0.4, -0.2) is 50.8 Å². The summed E-state index contributed by atoms with van der Waals surface area (Å²) in [6.45, 7) is 2.97. The van der Waals surface area contributed by atoms with Gasteiger partial charge in [0.1, 0.15) is 5.69 Å². The van der Waals surface area contributed by atoms with Crippen molar-refractivity contribution in [1.82, 2.24) is 19.8 Å². The van der Waals surface area contributed by atoms with Crippen LogP contribution in [0.3, 0.4) is 0 Å². The normalized spacial score (nSPS) is 24.6. The van der Waals surface area contributed by atoms with Crippen LogP contribution in [-0.2, 0) is 6.54 Å². The van der Waals surface area contributed by atoms with Crippen molar-refractivity contribution in [3.8, 4) is 0 Å². The molecule has 0 bridgehead atoms. The zero-order valence-corrected chi connectivity index (χ0v) is 13.9. The first-order valence-corrected chi connectivity index (χ1v) is 8.90. The predicted octanol–water partition coefficient (Wildman–Crippen LogP) is 2.68. The van der Waals surface area contributed by atoms with Crippen molar-refractivity contribution in [1.29, 1.82) is 0 Å². The third-order valence-electron chi connectivity index (χ3n) is 5.38. The Balaban J connectivity index is 1.49. The Morgan fingerprint density at radius 1 is 1.12 bits per heavy atom. The molecule has 2 aliphatic heterocycles. The molecule has 0 unspecified atom stereocenters. The average Bonchev–Trinajstić information content (AvgIpc) is 3.36. The smallest absolute Gasteiger partial charge is 0.272 e. The predicted molar refractivity (Wildman–Crippen MR) is 92.5 cm³/mol. The molecule has 3 heterocycles. The van der Waals surface area contributed by atoms with Gasteiger partial charge >= 0.3 is 0 Å². The number of likely N-dealkylation sites (tertiary alicyclic amines) is 2. The van der Waals surface area contributed by atoms with Crippen molar-refractivity contribution in [2.45, 2.75) is 44.3 Å². The van der Waals surface area contributed by atoms with Crippen LogP contribution in [0.4, 0.5) is 0 Å². The summed E-state index contributed by atoms with van der Waals surface area (Å²) in [6, 6.07) is 11.4. The van der Waals surface area contributed by atoms with Gasteiger partial charge in [0, 0.05) is 25.2 Å². The minimum atomic E-state index is 0.0987. The number of aromatic nitrogens is 2. The maximum Gasteiger partial charge on any atom is 0.272 e. The van der Waals surface area contributed by atoms with Crippen LogP contribution in [0.1, 0.15) is 41.7 Å². The number of imidazole rings is 1. The molecule has 2 atom stereocenters. The molecule has 2 aromatic rings. The van der Waals surface area contributed by atoms with Crippen LogP contribution in [0.15, 0.2) is 42.9 Å². The number of benzene rings is 1. The van der Waals surface area contributed by atoms with E-state index >= 15 is 0 Å². The molecular formula is C19H24N4O. The minimum Gasteiger partial charge on any atom is -0.341 e. The summed E-state index contributed by atoms with van der Waals surface area (Å²) >= 11 is 0. The van der Waals surface area contributed by atoms with Crippen LogP contribution >= 0.6 is 0 Å². The van der Waals surface area contributed by atoms with Gasteiger partial charge in [-0.2, -0.15) is 0 Å². The highest BCUT2D eigenvalue weighted by Gasteiger charge is 2.40. The number of hydrogen-bond acceptors (Lipinski definition) is 3. The lowest BCUT2D eigenvalue weighted by Gasteiger charge is -2.35. The maximum atomic E-state index is 12.8. The van der Waals surface area contributed by atoms with Crippen molar-refractivity contribution in [2.75, 3.05) is 13.1 Å². The van der Waals surface area contributed by atoms with Gasteiger partial charge in [0.05, 0.1) is 12.5 Å². The molecule has 1 amide bonds. The Hall–Kier alpha value is -2.14. The van der Waals surface area contributed by atoms with E-state index in [9.17, 15) is 4.79 Å². The molecule has 0 radical (unpaired) electrons. The molecule has 24 heavy (non-hydrogen) atoms. The monoisotopic (exact) mass is 324 g/mol.